The van der Waals surface area contributed by atoms with Crippen LogP contribution >= 0.6 is 22.6 Å². The largest absolute Gasteiger partial charge is 0.574 e. The third-order valence-electron chi connectivity index (χ3n) is 1.78. The zero-order chi connectivity index (χ0) is 12.3. The molecular weight excluding hydrogens is 340 g/mol. The standard InChI is InChI=1S/C8H8F3IN2O2/c9-8(10,11)16-7-4(1-13)5(3-15)6(12)2-14-7/h2,15H,1,3,13H2. The van der Waals surface area contributed by atoms with E-state index in [0.717, 1.165) is 0 Å². The van der Waals surface area contributed by atoms with Crippen LogP contribution in [-0.2, 0) is 13.2 Å². The van der Waals surface area contributed by atoms with Crippen molar-refractivity contribution >= 4 is 22.6 Å². The van der Waals surface area contributed by atoms with Gasteiger partial charge in [0.25, 0.3) is 0 Å². The van der Waals surface area contributed by atoms with Crippen molar-refractivity contribution in [2.45, 2.75) is 19.5 Å². The maximum Gasteiger partial charge on any atom is 0.574 e. The van der Waals surface area contributed by atoms with Crippen molar-refractivity contribution in [2.24, 2.45) is 5.73 Å². The molecular formula is C8H8F3IN2O2. The van der Waals surface area contributed by atoms with E-state index in [0.29, 0.717) is 9.13 Å². The van der Waals surface area contributed by atoms with Gasteiger partial charge in [0.1, 0.15) is 0 Å². The topological polar surface area (TPSA) is 68.4 Å². The molecule has 0 saturated carbocycles. The number of halogens is 4. The summed E-state index contributed by atoms with van der Waals surface area (Å²) in [5, 5.41) is 9.03. The maximum atomic E-state index is 12.0. The first-order valence-electron chi connectivity index (χ1n) is 4.12. The first kappa shape index (κ1) is 13.5. The van der Waals surface area contributed by atoms with Gasteiger partial charge in [-0.1, -0.05) is 0 Å². The molecule has 8 heteroatoms. The summed E-state index contributed by atoms with van der Waals surface area (Å²) in [6.45, 7) is -0.604. The summed E-state index contributed by atoms with van der Waals surface area (Å²) in [5.74, 6) is -0.612. The molecule has 1 rings (SSSR count). The highest BCUT2D eigenvalue weighted by Crippen LogP contribution is 2.28. The fourth-order valence-corrected chi connectivity index (χ4v) is 1.76. The Morgan fingerprint density at radius 3 is 2.50 bits per heavy atom. The Bertz CT molecular complexity index is 384. The second-order valence-corrected chi connectivity index (χ2v) is 3.94. The van der Waals surface area contributed by atoms with E-state index in [1.807, 2.05) is 22.6 Å². The SMILES string of the molecule is NCc1c(OC(F)(F)F)ncc(I)c1CO. The van der Waals surface area contributed by atoms with E-state index in [9.17, 15) is 13.2 Å². The van der Waals surface area contributed by atoms with Crippen molar-refractivity contribution in [2.75, 3.05) is 0 Å². The number of aliphatic hydroxyl groups excluding tert-OH is 1. The molecule has 0 aliphatic rings. The number of alkyl halides is 3. The van der Waals surface area contributed by atoms with E-state index in [1.54, 1.807) is 0 Å². The number of pyridine rings is 1. The van der Waals surface area contributed by atoms with Gasteiger partial charge in [0.2, 0.25) is 5.88 Å². The molecule has 16 heavy (non-hydrogen) atoms. The number of nitrogens with two attached hydrogens (primary N) is 1. The quantitative estimate of drug-likeness (QED) is 0.814. The number of hydrogen-bond donors (Lipinski definition) is 2. The monoisotopic (exact) mass is 348 g/mol. The lowest BCUT2D eigenvalue weighted by atomic mass is 10.1. The van der Waals surface area contributed by atoms with Crippen LogP contribution in [0.3, 0.4) is 0 Å². The van der Waals surface area contributed by atoms with Gasteiger partial charge in [-0.15, -0.1) is 13.2 Å². The minimum absolute atomic E-state index is 0.0618. The van der Waals surface area contributed by atoms with Crippen LogP contribution in [0.2, 0.25) is 0 Å². The molecule has 1 aromatic heterocycles. The molecule has 0 spiro atoms. The highest BCUT2D eigenvalue weighted by Gasteiger charge is 2.33. The first-order chi connectivity index (χ1) is 7.39. The molecule has 1 heterocycles. The summed E-state index contributed by atoms with van der Waals surface area (Å²) in [5.41, 5.74) is 5.68. The Kier molecular flexibility index (Phi) is 4.33. The van der Waals surface area contributed by atoms with Gasteiger partial charge in [-0.25, -0.2) is 4.98 Å². The van der Waals surface area contributed by atoms with Crippen LogP contribution in [0.5, 0.6) is 5.88 Å². The number of rotatable bonds is 3. The van der Waals surface area contributed by atoms with E-state index in [-0.39, 0.29) is 12.1 Å². The molecule has 0 saturated heterocycles. The van der Waals surface area contributed by atoms with Crippen molar-refractivity contribution in [3.63, 3.8) is 0 Å². The van der Waals surface area contributed by atoms with Crippen LogP contribution in [-0.4, -0.2) is 16.5 Å². The number of nitrogens with zero attached hydrogens (tertiary/aromatic N) is 1. The molecule has 0 atom stereocenters. The lowest BCUT2D eigenvalue weighted by Crippen LogP contribution is -2.20. The zero-order valence-corrected chi connectivity index (χ0v) is 10.0. The van der Waals surface area contributed by atoms with Crippen LogP contribution in [0, 0.1) is 3.57 Å². The van der Waals surface area contributed by atoms with Crippen LogP contribution in [0.1, 0.15) is 11.1 Å². The molecule has 4 nitrogen and oxygen atoms in total. The second kappa shape index (κ2) is 5.15. The molecule has 90 valence electrons. The normalized spacial score (nSPS) is 11.6. The highest BCUT2D eigenvalue weighted by atomic mass is 127. The molecule has 0 aromatic carbocycles. The van der Waals surface area contributed by atoms with E-state index < -0.39 is 18.8 Å². The lowest BCUT2D eigenvalue weighted by Gasteiger charge is -2.14. The molecule has 0 bridgehead atoms. The third kappa shape index (κ3) is 3.19. The van der Waals surface area contributed by atoms with Gasteiger partial charge < -0.3 is 15.6 Å². The van der Waals surface area contributed by atoms with Gasteiger partial charge in [0.05, 0.1) is 6.61 Å². The summed E-state index contributed by atoms with van der Waals surface area (Å²) >= 11 is 1.85. The minimum Gasteiger partial charge on any atom is -0.392 e. The number of hydrogen-bond acceptors (Lipinski definition) is 4. The van der Waals surface area contributed by atoms with Gasteiger partial charge in [-0.05, 0) is 22.6 Å². The average molecular weight is 348 g/mol. The van der Waals surface area contributed by atoms with Gasteiger partial charge in [0, 0.05) is 27.4 Å². The van der Waals surface area contributed by atoms with Crippen molar-refractivity contribution in [1.29, 1.82) is 0 Å². The predicted octanol–water partition coefficient (Wildman–Crippen LogP) is 1.54. The summed E-state index contributed by atoms with van der Waals surface area (Å²) in [7, 11) is 0. The zero-order valence-electron chi connectivity index (χ0n) is 7.88. The molecule has 3 N–H and O–H groups in total. The fraction of sp³-hybridized carbons (Fsp3) is 0.375. The van der Waals surface area contributed by atoms with Crippen molar-refractivity contribution in [3.05, 3.63) is 20.9 Å². The number of aliphatic hydroxyl groups is 1. The fourth-order valence-electron chi connectivity index (χ4n) is 1.12. The Morgan fingerprint density at radius 1 is 1.44 bits per heavy atom. The summed E-state index contributed by atoms with van der Waals surface area (Å²) in [6, 6.07) is 0. The first-order valence-corrected chi connectivity index (χ1v) is 5.19. The lowest BCUT2D eigenvalue weighted by molar-refractivity contribution is -0.276. The Balaban J connectivity index is 3.19. The van der Waals surface area contributed by atoms with Crippen LogP contribution in [0.15, 0.2) is 6.20 Å². The Hall–Kier alpha value is -0.610. The van der Waals surface area contributed by atoms with Gasteiger partial charge in [-0.2, -0.15) is 0 Å². The van der Waals surface area contributed by atoms with Gasteiger partial charge in [-0.3, -0.25) is 0 Å². The molecule has 1 aromatic rings. The summed E-state index contributed by atoms with van der Waals surface area (Å²) < 4.78 is 40.3. The van der Waals surface area contributed by atoms with E-state index >= 15 is 0 Å². The highest BCUT2D eigenvalue weighted by molar-refractivity contribution is 14.1. The molecule has 0 fully saturated rings. The van der Waals surface area contributed by atoms with Gasteiger partial charge >= 0.3 is 6.36 Å². The summed E-state index contributed by atoms with van der Waals surface area (Å²) in [6.07, 6.45) is -3.64. The van der Waals surface area contributed by atoms with Crippen molar-refractivity contribution in [3.8, 4) is 5.88 Å². The van der Waals surface area contributed by atoms with Crippen molar-refractivity contribution in [1.82, 2.24) is 4.98 Å². The predicted molar refractivity (Wildman–Crippen MR) is 57.5 cm³/mol. The van der Waals surface area contributed by atoms with Crippen LogP contribution in [0.4, 0.5) is 13.2 Å². The Morgan fingerprint density at radius 2 is 2.06 bits per heavy atom. The van der Waals surface area contributed by atoms with E-state index in [2.05, 4.69) is 9.72 Å². The molecule has 0 amide bonds. The van der Waals surface area contributed by atoms with Crippen molar-refractivity contribution < 1.29 is 23.0 Å². The van der Waals surface area contributed by atoms with Crippen LogP contribution < -0.4 is 10.5 Å². The maximum absolute atomic E-state index is 12.0. The summed E-state index contributed by atoms with van der Waals surface area (Å²) in [4.78, 5) is 3.50. The van der Waals surface area contributed by atoms with E-state index in [1.165, 1.54) is 6.20 Å². The van der Waals surface area contributed by atoms with Crippen LogP contribution in [0.25, 0.3) is 0 Å². The number of aromatic nitrogens is 1. The average Bonchev–Trinajstić information content (AvgIpc) is 2.18. The second-order valence-electron chi connectivity index (χ2n) is 2.78. The minimum atomic E-state index is -4.82. The molecule has 0 radical (unpaired) electrons. The number of ether oxygens (including phenoxy) is 1. The third-order valence-corrected chi connectivity index (χ3v) is 2.71. The smallest absolute Gasteiger partial charge is 0.392 e. The van der Waals surface area contributed by atoms with Gasteiger partial charge in [0.15, 0.2) is 0 Å². The molecule has 0 aliphatic carbocycles. The molecule has 0 aliphatic heterocycles. The van der Waals surface area contributed by atoms with E-state index in [4.69, 9.17) is 10.8 Å². The Labute approximate surface area is 103 Å². The molecule has 0 unspecified atom stereocenters.